The predicted octanol–water partition coefficient (Wildman–Crippen LogP) is 2.22. The van der Waals surface area contributed by atoms with E-state index in [1.165, 1.54) is 0 Å². The molecule has 2 unspecified atom stereocenters. The molecule has 4 heteroatoms. The molecule has 19 heavy (non-hydrogen) atoms. The van der Waals surface area contributed by atoms with Crippen molar-refractivity contribution in [3.63, 3.8) is 0 Å². The molecule has 1 aliphatic rings. The van der Waals surface area contributed by atoms with E-state index >= 15 is 0 Å². The van der Waals surface area contributed by atoms with Crippen LogP contribution in [0.1, 0.15) is 40.5 Å². The van der Waals surface area contributed by atoms with Crippen molar-refractivity contribution in [1.82, 2.24) is 5.32 Å². The number of rotatable bonds is 8. The van der Waals surface area contributed by atoms with E-state index < -0.39 is 0 Å². The minimum Gasteiger partial charge on any atom is -0.383 e. The first-order valence-corrected chi connectivity index (χ1v) is 7.35. The summed E-state index contributed by atoms with van der Waals surface area (Å²) in [5.41, 5.74) is 0.145. The molecule has 0 aromatic carbocycles. The molecule has 0 spiro atoms. The summed E-state index contributed by atoms with van der Waals surface area (Å²) in [6, 6.07) is 0. The predicted molar refractivity (Wildman–Crippen MR) is 77.5 cm³/mol. The molecule has 2 atom stereocenters. The summed E-state index contributed by atoms with van der Waals surface area (Å²) >= 11 is 0. The smallest absolute Gasteiger partial charge is 0.0617 e. The zero-order chi connectivity index (χ0) is 14.4. The Kier molecular flexibility index (Phi) is 6.74. The van der Waals surface area contributed by atoms with Gasteiger partial charge in [-0.3, -0.25) is 0 Å². The van der Waals surface area contributed by atoms with Crippen LogP contribution in [0.2, 0.25) is 0 Å². The Morgan fingerprint density at radius 3 is 2.58 bits per heavy atom. The lowest BCUT2D eigenvalue weighted by Crippen LogP contribution is -2.41. The van der Waals surface area contributed by atoms with Crippen LogP contribution in [0.5, 0.6) is 0 Å². The molecule has 114 valence electrons. The standard InChI is InChI=1S/C15H31NO3/c1-13-15(6-9-18-13,12-16-8-11-17-5)7-10-19-14(2,3)4/h13,16H,6-12H2,1-5H3. The monoisotopic (exact) mass is 273 g/mol. The zero-order valence-corrected chi connectivity index (χ0v) is 13.3. The zero-order valence-electron chi connectivity index (χ0n) is 13.3. The van der Waals surface area contributed by atoms with Gasteiger partial charge in [0, 0.05) is 38.8 Å². The average molecular weight is 273 g/mol. The van der Waals surface area contributed by atoms with E-state index in [1.807, 2.05) is 0 Å². The number of hydrogen-bond donors (Lipinski definition) is 1. The summed E-state index contributed by atoms with van der Waals surface area (Å²) in [5.74, 6) is 0. The van der Waals surface area contributed by atoms with E-state index in [4.69, 9.17) is 14.2 Å². The highest BCUT2D eigenvalue weighted by molar-refractivity contribution is 4.91. The highest BCUT2D eigenvalue weighted by Gasteiger charge is 2.40. The van der Waals surface area contributed by atoms with Crippen molar-refractivity contribution in [1.29, 1.82) is 0 Å². The van der Waals surface area contributed by atoms with E-state index in [0.717, 1.165) is 45.8 Å². The third-order valence-corrected chi connectivity index (χ3v) is 3.93. The molecule has 1 N–H and O–H groups in total. The van der Waals surface area contributed by atoms with Crippen molar-refractivity contribution < 1.29 is 14.2 Å². The number of methoxy groups -OCH3 is 1. The molecule has 1 rings (SSSR count). The Morgan fingerprint density at radius 2 is 2.05 bits per heavy atom. The molecule has 0 aromatic heterocycles. The maximum atomic E-state index is 5.88. The van der Waals surface area contributed by atoms with Gasteiger partial charge in [-0.1, -0.05) is 0 Å². The van der Waals surface area contributed by atoms with Gasteiger partial charge in [-0.05, 0) is 40.5 Å². The van der Waals surface area contributed by atoms with E-state index in [0.29, 0.717) is 6.10 Å². The second-order valence-corrected chi connectivity index (χ2v) is 6.51. The van der Waals surface area contributed by atoms with E-state index in [9.17, 15) is 0 Å². The third kappa shape index (κ3) is 5.78. The summed E-state index contributed by atoms with van der Waals surface area (Å²) < 4.78 is 16.7. The molecule has 1 fully saturated rings. The van der Waals surface area contributed by atoms with Crippen LogP contribution < -0.4 is 5.32 Å². The van der Waals surface area contributed by atoms with Gasteiger partial charge in [-0.25, -0.2) is 0 Å². The summed E-state index contributed by atoms with van der Waals surface area (Å²) in [7, 11) is 1.73. The minimum absolute atomic E-state index is 0.0621. The molecule has 0 saturated carbocycles. The number of hydrogen-bond acceptors (Lipinski definition) is 4. The van der Waals surface area contributed by atoms with Crippen molar-refractivity contribution in [3.05, 3.63) is 0 Å². The summed E-state index contributed by atoms with van der Waals surface area (Å²) in [5, 5.41) is 3.49. The largest absolute Gasteiger partial charge is 0.383 e. The second kappa shape index (κ2) is 7.58. The number of nitrogens with one attached hydrogen (secondary N) is 1. The van der Waals surface area contributed by atoms with Crippen molar-refractivity contribution in [2.45, 2.75) is 52.2 Å². The normalized spacial score (nSPS) is 27.9. The second-order valence-electron chi connectivity index (χ2n) is 6.51. The Bertz CT molecular complexity index is 252. The van der Waals surface area contributed by atoms with E-state index in [-0.39, 0.29) is 11.0 Å². The van der Waals surface area contributed by atoms with Gasteiger partial charge in [0.25, 0.3) is 0 Å². The van der Waals surface area contributed by atoms with Gasteiger partial charge in [-0.2, -0.15) is 0 Å². The SMILES string of the molecule is COCCNCC1(CCOC(C)(C)C)CCOC1C. The quantitative estimate of drug-likeness (QED) is 0.688. The van der Waals surface area contributed by atoms with Gasteiger partial charge in [-0.15, -0.1) is 0 Å². The molecule has 0 amide bonds. The summed E-state index contributed by atoms with van der Waals surface area (Å²) in [6.07, 6.45) is 2.46. The van der Waals surface area contributed by atoms with Crippen LogP contribution in [0.15, 0.2) is 0 Å². The van der Waals surface area contributed by atoms with Crippen LogP contribution in [0.4, 0.5) is 0 Å². The van der Waals surface area contributed by atoms with Crippen molar-refractivity contribution >= 4 is 0 Å². The first-order chi connectivity index (χ1) is 8.90. The fraction of sp³-hybridized carbons (Fsp3) is 1.00. The van der Waals surface area contributed by atoms with Crippen molar-refractivity contribution in [2.24, 2.45) is 5.41 Å². The summed E-state index contributed by atoms with van der Waals surface area (Å²) in [4.78, 5) is 0. The van der Waals surface area contributed by atoms with Crippen LogP contribution >= 0.6 is 0 Å². The van der Waals surface area contributed by atoms with Gasteiger partial charge < -0.3 is 19.5 Å². The lowest BCUT2D eigenvalue weighted by atomic mass is 9.78. The molecule has 0 bridgehead atoms. The lowest BCUT2D eigenvalue weighted by Gasteiger charge is -2.33. The molecular weight excluding hydrogens is 242 g/mol. The van der Waals surface area contributed by atoms with Crippen LogP contribution in [0.3, 0.4) is 0 Å². The Hall–Kier alpha value is -0.160. The Labute approximate surface area is 118 Å². The third-order valence-electron chi connectivity index (χ3n) is 3.93. The first kappa shape index (κ1) is 16.9. The van der Waals surface area contributed by atoms with Gasteiger partial charge in [0.1, 0.15) is 0 Å². The minimum atomic E-state index is -0.0621. The molecule has 4 nitrogen and oxygen atoms in total. The molecule has 1 saturated heterocycles. The van der Waals surface area contributed by atoms with Crippen LogP contribution in [0, 0.1) is 5.41 Å². The van der Waals surface area contributed by atoms with E-state index in [1.54, 1.807) is 7.11 Å². The Morgan fingerprint density at radius 1 is 1.32 bits per heavy atom. The molecule has 1 heterocycles. The average Bonchev–Trinajstić information content (AvgIpc) is 2.65. The molecule has 0 aliphatic carbocycles. The van der Waals surface area contributed by atoms with Crippen LogP contribution in [-0.2, 0) is 14.2 Å². The first-order valence-electron chi connectivity index (χ1n) is 7.35. The molecule has 0 aromatic rings. The maximum absolute atomic E-state index is 5.88. The highest BCUT2D eigenvalue weighted by atomic mass is 16.5. The maximum Gasteiger partial charge on any atom is 0.0617 e. The highest BCUT2D eigenvalue weighted by Crippen LogP contribution is 2.38. The van der Waals surface area contributed by atoms with Gasteiger partial charge in [0.05, 0.1) is 18.3 Å². The van der Waals surface area contributed by atoms with Crippen molar-refractivity contribution in [3.8, 4) is 0 Å². The molecule has 0 radical (unpaired) electrons. The Balaban J connectivity index is 2.42. The van der Waals surface area contributed by atoms with Gasteiger partial charge in [0.15, 0.2) is 0 Å². The molecular formula is C15H31NO3. The topological polar surface area (TPSA) is 39.7 Å². The summed E-state index contributed by atoms with van der Waals surface area (Å²) in [6.45, 7) is 12.8. The van der Waals surface area contributed by atoms with E-state index in [2.05, 4.69) is 33.0 Å². The number of ether oxygens (including phenoxy) is 3. The van der Waals surface area contributed by atoms with Crippen LogP contribution in [0.25, 0.3) is 0 Å². The van der Waals surface area contributed by atoms with Crippen LogP contribution in [-0.4, -0.2) is 51.7 Å². The van der Waals surface area contributed by atoms with Gasteiger partial charge >= 0.3 is 0 Å². The van der Waals surface area contributed by atoms with Crippen molar-refractivity contribution in [2.75, 3.05) is 40.0 Å². The fourth-order valence-electron chi connectivity index (χ4n) is 2.54. The lowest BCUT2D eigenvalue weighted by molar-refractivity contribution is -0.0298. The van der Waals surface area contributed by atoms with Gasteiger partial charge in [0.2, 0.25) is 0 Å². The fourth-order valence-corrected chi connectivity index (χ4v) is 2.54. The molecule has 1 aliphatic heterocycles.